The number of rotatable bonds is 11. The van der Waals surface area contributed by atoms with Crippen LogP contribution >= 0.6 is 0 Å². The number of amides is 1. The molecule has 2 aliphatic heterocycles. The summed E-state index contributed by atoms with van der Waals surface area (Å²) in [7, 11) is -5.42. The van der Waals surface area contributed by atoms with Gasteiger partial charge >= 0.3 is 6.09 Å². The molecule has 1 amide bonds. The van der Waals surface area contributed by atoms with E-state index < -0.39 is 110 Å². The number of anilines is 1. The molecule has 2 fully saturated rings. The van der Waals surface area contributed by atoms with Gasteiger partial charge in [-0.3, -0.25) is 0 Å². The minimum absolute atomic E-state index is 0.0292. The first kappa shape index (κ1) is 13.6. The van der Waals surface area contributed by atoms with E-state index in [1.54, 1.807) is 6.07 Å². The number of carbonyl (C=O) groups excluding carboxylic acids is 1. The van der Waals surface area contributed by atoms with Crippen LogP contribution in [0.1, 0.15) is 48.9 Å². The Bertz CT molecular complexity index is 1840. The number of hydrogen-bond acceptors (Lipinski definition) is 8. The maximum atomic E-state index is 14.1. The number of hydrogen-bond donors (Lipinski definition) is 3. The number of aliphatic hydroxyl groups is 1. The maximum Gasteiger partial charge on any atom is 0.407 e. The number of nitrogens with two attached hydrogens (primary N) is 1. The van der Waals surface area contributed by atoms with Crippen LogP contribution in [0.4, 0.5) is 10.5 Å². The highest BCUT2D eigenvalue weighted by molar-refractivity contribution is 7.89. The maximum absolute atomic E-state index is 14.1. The van der Waals surface area contributed by atoms with E-state index in [0.29, 0.717) is 0 Å². The molecule has 0 unspecified atom stereocenters. The molecule has 0 radical (unpaired) electrons. The largest absolute Gasteiger partial charge is 0.443 e. The smallest absolute Gasteiger partial charge is 0.407 e. The summed E-state index contributed by atoms with van der Waals surface area (Å²) in [4.78, 5) is 12.7. The second-order valence-corrected chi connectivity index (χ2v) is 10.00. The second-order valence-electron chi connectivity index (χ2n) is 8.14. The van der Waals surface area contributed by atoms with Crippen LogP contribution in [0.25, 0.3) is 0 Å². The molecule has 5 atom stereocenters. The van der Waals surface area contributed by atoms with Crippen molar-refractivity contribution in [2.45, 2.75) is 55.9 Å². The van der Waals surface area contributed by atoms with Crippen LogP contribution in [0.2, 0.25) is 0 Å². The Kier molecular flexibility index (Phi) is 4.44. The molecular formula is C27H37N3O7S. The van der Waals surface area contributed by atoms with Crippen molar-refractivity contribution in [2.24, 2.45) is 11.8 Å². The predicted molar refractivity (Wildman–Crippen MR) is 142 cm³/mol. The van der Waals surface area contributed by atoms with Gasteiger partial charge in [0.05, 0.1) is 42.9 Å². The average molecular weight is 565 g/mol. The molecule has 10 nitrogen and oxygen atoms in total. The van der Waals surface area contributed by atoms with Crippen LogP contribution in [0, 0.1) is 11.8 Å². The monoisotopic (exact) mass is 564 g/mol. The van der Waals surface area contributed by atoms with Gasteiger partial charge < -0.3 is 30.4 Å². The van der Waals surface area contributed by atoms with E-state index in [4.69, 9.17) is 38.5 Å². The van der Waals surface area contributed by atoms with Crippen LogP contribution in [0.5, 0.6) is 0 Å². The zero-order valence-corrected chi connectivity index (χ0v) is 20.5. The molecule has 0 saturated carbocycles. The molecule has 38 heavy (non-hydrogen) atoms. The Morgan fingerprint density at radius 2 is 2.05 bits per heavy atom. The first-order valence-corrected chi connectivity index (χ1v) is 12.6. The van der Waals surface area contributed by atoms with Gasteiger partial charge in [0.15, 0.2) is 6.27 Å². The molecular weight excluding hydrogens is 510 g/mol. The highest BCUT2D eigenvalue weighted by Crippen LogP contribution is 2.33. The molecule has 0 aromatic heterocycles. The molecule has 0 bridgehead atoms. The number of nitrogen functional groups attached to an aromatic ring is 1. The number of aliphatic hydroxyl groups excluding tert-OH is 1. The van der Waals surface area contributed by atoms with Crippen LogP contribution in [0.3, 0.4) is 0 Å². The molecule has 208 valence electrons. The zero-order chi connectivity index (χ0) is 42.2. The van der Waals surface area contributed by atoms with E-state index in [-0.39, 0.29) is 15.6 Å². The van der Waals surface area contributed by atoms with Gasteiger partial charge in [0.1, 0.15) is 6.10 Å². The Labute approximate surface area is 248 Å². The van der Waals surface area contributed by atoms with E-state index >= 15 is 0 Å². The summed E-state index contributed by atoms with van der Waals surface area (Å²) in [6.07, 6.45) is -14.4. The topological polar surface area (TPSA) is 140 Å². The number of sulfonamides is 1. The predicted octanol–water partition coefficient (Wildman–Crippen LogP) is 2.38. The molecule has 0 spiro atoms. The van der Waals surface area contributed by atoms with Crippen molar-refractivity contribution in [3.63, 3.8) is 0 Å². The number of alkyl carbamates (subject to hydrolysis) is 1. The number of ether oxygens (including phenoxy) is 3. The lowest BCUT2D eigenvalue weighted by atomic mass is 10.0. The van der Waals surface area contributed by atoms with Crippen molar-refractivity contribution in [1.82, 2.24) is 9.62 Å². The quantitative estimate of drug-likeness (QED) is 0.354. The third kappa shape index (κ3) is 7.03. The van der Waals surface area contributed by atoms with Gasteiger partial charge in [0.2, 0.25) is 10.0 Å². The molecule has 4 rings (SSSR count). The van der Waals surface area contributed by atoms with Crippen molar-refractivity contribution in [2.75, 3.05) is 31.9 Å². The third-order valence-electron chi connectivity index (χ3n) is 5.42. The molecule has 0 aliphatic carbocycles. The molecule has 2 aromatic carbocycles. The lowest BCUT2D eigenvalue weighted by Crippen LogP contribution is -2.51. The summed E-state index contributed by atoms with van der Waals surface area (Å²) < 4.78 is 181. The Morgan fingerprint density at radius 1 is 1.32 bits per heavy atom. The number of fused-ring (bicyclic) bond motifs is 1. The summed E-state index contributed by atoms with van der Waals surface area (Å²) in [5.74, 6) is -7.67. The molecule has 2 aromatic rings. The lowest BCUT2D eigenvalue weighted by Gasteiger charge is -2.31. The second kappa shape index (κ2) is 12.4. The first-order valence-electron chi connectivity index (χ1n) is 19.6. The first-order chi connectivity index (χ1) is 24.6. The summed E-state index contributed by atoms with van der Waals surface area (Å²) >= 11 is 0. The van der Waals surface area contributed by atoms with E-state index in [1.807, 2.05) is 0 Å². The van der Waals surface area contributed by atoms with E-state index in [1.165, 1.54) is 24.3 Å². The Morgan fingerprint density at radius 3 is 2.76 bits per heavy atom. The fraction of sp³-hybridized carbons (Fsp3) is 0.519. The van der Waals surface area contributed by atoms with Gasteiger partial charge in [-0.2, -0.15) is 4.31 Å². The standard InChI is InChI=1S/C27H37N3O7S/c1-18(2)15-30(38(33,34)21-10-8-20(28)9-11-21)16-24(31)23(14-19-6-4-3-5-7-19)29-27(32)37-25-17-36-26-22(25)12-13-35-26/h3-11,18,22-26,31H,12-17,28H2,1-2H3,(H,29,32)/t22-,23-,24+,25-,26+/m0/s1/i1D3,2D3,12D2,13D2,15D2,17D2,18D,22D,26D. The van der Waals surface area contributed by atoms with Gasteiger partial charge in [-0.15, -0.1) is 0 Å². The molecule has 11 heteroatoms. The number of nitrogens with zero attached hydrogens (tertiary/aromatic N) is 1. The van der Waals surface area contributed by atoms with Gasteiger partial charge in [0, 0.05) is 35.2 Å². The summed E-state index contributed by atoms with van der Waals surface area (Å²) in [6.45, 7) is -20.7. The summed E-state index contributed by atoms with van der Waals surface area (Å²) in [5, 5.41) is 13.7. The van der Waals surface area contributed by atoms with Crippen molar-refractivity contribution >= 4 is 21.8 Å². The minimum atomic E-state index is -5.42. The van der Waals surface area contributed by atoms with E-state index in [9.17, 15) is 18.3 Å². The Balaban J connectivity index is 1.80. The van der Waals surface area contributed by atoms with Crippen molar-refractivity contribution in [3.8, 4) is 0 Å². The molecule has 2 saturated heterocycles. The molecule has 2 aliphatic rings. The van der Waals surface area contributed by atoms with Gasteiger partial charge in [-0.1, -0.05) is 44.0 Å². The van der Waals surface area contributed by atoms with Crippen LogP contribution in [-0.4, -0.2) is 74.6 Å². The SMILES string of the molecule is [2H]C1([2H])O[C@@]2([2H])OC([2H])([2H])C([2H])([2H])[C@@]2([2H])[C@H]1OC(=O)N[C@@H](Cc1ccccc1)[C@H](O)CN(C([2H])([2H])C([2H])(C([2H])([2H])[2H])C([2H])([2H])[2H])S(=O)(=O)c1ccc(N)cc1. The third-order valence-corrected chi connectivity index (χ3v) is 7.11. The van der Waals surface area contributed by atoms with Crippen molar-refractivity contribution < 1.29 is 55.8 Å². The van der Waals surface area contributed by atoms with Crippen LogP contribution < -0.4 is 11.1 Å². The highest BCUT2D eigenvalue weighted by Gasteiger charge is 2.44. The number of nitrogens with one attached hydrogen (secondary N) is 1. The van der Waals surface area contributed by atoms with Gasteiger partial charge in [-0.25, -0.2) is 13.2 Å². The molecule has 2 heterocycles. The molecule has 4 N–H and O–H groups in total. The van der Waals surface area contributed by atoms with Gasteiger partial charge in [-0.05, 0) is 48.5 Å². The number of carbonyl (C=O) groups is 1. The summed E-state index contributed by atoms with van der Waals surface area (Å²) in [5.41, 5.74) is 5.97. The fourth-order valence-corrected chi connectivity index (χ4v) is 4.86. The average Bonchev–Trinajstić information content (AvgIpc) is 3.24. The van der Waals surface area contributed by atoms with E-state index in [2.05, 4.69) is 10.1 Å². The van der Waals surface area contributed by atoms with Crippen LogP contribution in [0.15, 0.2) is 59.5 Å². The van der Waals surface area contributed by atoms with Crippen molar-refractivity contribution in [3.05, 3.63) is 60.2 Å². The van der Waals surface area contributed by atoms with Crippen LogP contribution in [-0.2, 0) is 30.7 Å². The Hall–Kier alpha value is -2.70. The summed E-state index contributed by atoms with van der Waals surface area (Å²) in [6, 6.07) is 9.49. The zero-order valence-electron chi connectivity index (χ0n) is 36.7. The van der Waals surface area contributed by atoms with Gasteiger partial charge in [0.25, 0.3) is 0 Å². The van der Waals surface area contributed by atoms with E-state index in [0.717, 1.165) is 24.3 Å². The highest BCUT2D eigenvalue weighted by atomic mass is 32.2. The normalized spacial score (nSPS) is 38.6. The minimum Gasteiger partial charge on any atom is -0.443 e. The van der Waals surface area contributed by atoms with Crippen molar-refractivity contribution in [1.29, 1.82) is 0 Å². The fourth-order valence-electron chi connectivity index (χ4n) is 3.57. The number of benzene rings is 2. The lowest BCUT2D eigenvalue weighted by molar-refractivity contribution is -0.0907.